The van der Waals surface area contributed by atoms with E-state index < -0.39 is 26.6 Å². The molecule has 0 bridgehead atoms. The fourth-order valence-electron chi connectivity index (χ4n) is 7.78. The Morgan fingerprint density at radius 3 is 1.33 bits per heavy atom. The van der Waals surface area contributed by atoms with E-state index in [1.165, 1.54) is 70.2 Å². The molecule has 2 aliphatic carbocycles. The zero-order valence-electron chi connectivity index (χ0n) is 26.3. The summed E-state index contributed by atoms with van der Waals surface area (Å²) in [5.41, 5.74) is 18.4. The van der Waals surface area contributed by atoms with Crippen molar-refractivity contribution in [2.24, 2.45) is 0 Å². The maximum atomic E-state index is 2.71. The molecule has 0 radical (unpaired) electrons. The van der Waals surface area contributed by atoms with Crippen molar-refractivity contribution in [1.82, 2.24) is 0 Å². The molecule has 0 spiro atoms. The van der Waals surface area contributed by atoms with Crippen molar-refractivity contribution in [3.8, 4) is 22.3 Å². The van der Waals surface area contributed by atoms with Gasteiger partial charge in [-0.25, -0.2) is 0 Å². The number of benzene rings is 4. The summed E-state index contributed by atoms with van der Waals surface area (Å²) in [6.07, 6.45) is 10.2. The molecule has 2 aliphatic rings. The van der Waals surface area contributed by atoms with Gasteiger partial charge in [0, 0.05) is 0 Å². The van der Waals surface area contributed by atoms with E-state index in [1.807, 2.05) is 0 Å². The zero-order valence-corrected chi connectivity index (χ0v) is 31.0. The topological polar surface area (TPSA) is 0 Å². The zero-order chi connectivity index (χ0) is 29.4. The van der Waals surface area contributed by atoms with E-state index in [-0.39, 0.29) is 0 Å². The van der Waals surface area contributed by atoms with E-state index in [0.717, 1.165) is 0 Å². The summed E-state index contributed by atoms with van der Waals surface area (Å²) in [6, 6.07) is 32.5. The number of rotatable bonds is 9. The van der Waals surface area contributed by atoms with Crippen LogP contribution in [0.25, 0.3) is 34.4 Å². The predicted octanol–water partition coefficient (Wildman–Crippen LogP) is 11.4. The molecule has 2 heteroatoms. The van der Waals surface area contributed by atoms with Gasteiger partial charge in [-0.2, -0.15) is 0 Å². The second-order valence-electron chi connectivity index (χ2n) is 12.7. The summed E-state index contributed by atoms with van der Waals surface area (Å²) < 4.78 is 1.41. The van der Waals surface area contributed by atoms with Crippen molar-refractivity contribution < 1.29 is 20.6 Å². The Kier molecular flexibility index (Phi) is 8.85. The molecule has 0 N–H and O–H groups in total. The van der Waals surface area contributed by atoms with Gasteiger partial charge in [0.05, 0.1) is 0 Å². The quantitative estimate of drug-likeness (QED) is 0.150. The van der Waals surface area contributed by atoms with Gasteiger partial charge >= 0.3 is 264 Å². The molecule has 42 heavy (non-hydrogen) atoms. The van der Waals surface area contributed by atoms with Crippen LogP contribution in [0.5, 0.6) is 0 Å². The molecule has 6 rings (SSSR count). The summed E-state index contributed by atoms with van der Waals surface area (Å²) in [6.45, 7) is 14.7. The number of aryl methyl sites for hydroxylation is 2. The Hall–Kier alpha value is -2.55. The van der Waals surface area contributed by atoms with Crippen LogP contribution in [0.4, 0.5) is 0 Å². The van der Waals surface area contributed by atoms with Gasteiger partial charge in [0.25, 0.3) is 0 Å². The Morgan fingerprint density at radius 1 is 0.548 bits per heavy atom. The van der Waals surface area contributed by atoms with Crippen LogP contribution < -0.4 is 0 Å². The summed E-state index contributed by atoms with van der Waals surface area (Å²) in [4.78, 5) is 0. The van der Waals surface area contributed by atoms with Crippen LogP contribution in [0.15, 0.2) is 96.1 Å². The molecule has 4 aromatic carbocycles. The first-order valence-corrected chi connectivity index (χ1v) is 29.4. The monoisotopic (exact) mass is 733 g/mol. The molecule has 4 aromatic rings. The first-order chi connectivity index (χ1) is 20.4. The Balaban J connectivity index is 1.53. The fraction of sp³-hybridized carbons (Fsp3) is 0.300. The van der Waals surface area contributed by atoms with E-state index in [4.69, 9.17) is 0 Å². The predicted molar refractivity (Wildman–Crippen MR) is 183 cm³/mol. The van der Waals surface area contributed by atoms with Crippen molar-refractivity contribution in [3.63, 3.8) is 0 Å². The van der Waals surface area contributed by atoms with Gasteiger partial charge in [-0.3, -0.25) is 0 Å². The molecule has 0 heterocycles. The molecule has 0 saturated heterocycles. The van der Waals surface area contributed by atoms with Gasteiger partial charge in [-0.15, -0.1) is 0 Å². The molecule has 0 nitrogen and oxygen atoms in total. The second kappa shape index (κ2) is 12.6. The van der Waals surface area contributed by atoms with Crippen LogP contribution in [-0.4, -0.2) is 5.98 Å². The van der Waals surface area contributed by atoms with Crippen LogP contribution in [0.2, 0.25) is 13.1 Å². The molecule has 2 unspecified atom stereocenters. The molecule has 0 aliphatic heterocycles. The van der Waals surface area contributed by atoms with Gasteiger partial charge in [-0.05, 0) is 0 Å². The Labute approximate surface area is 262 Å². The Bertz CT molecular complexity index is 1550. The summed E-state index contributed by atoms with van der Waals surface area (Å²) in [5, 5.41) is 0. The van der Waals surface area contributed by atoms with Gasteiger partial charge in [0.15, 0.2) is 0 Å². The molecule has 213 valence electrons. The molecule has 0 fully saturated rings. The molecule has 2 atom stereocenters. The van der Waals surface area contributed by atoms with Crippen LogP contribution in [-0.2, 0) is 20.6 Å². The molecular formula is C40H45HfSi. The SMILES string of the molecule is CCCC1=Cc2c(-c3ccccc3C)cccc2[CH]1[Hf]([CH]1C(CCC)=Cc2c(-c3ccccc3C)cccc21)[SiH](C)C. The molecule has 0 saturated carbocycles. The van der Waals surface area contributed by atoms with E-state index in [1.54, 1.807) is 22.3 Å². The number of allylic oxidation sites excluding steroid dienone is 2. The van der Waals surface area contributed by atoms with Crippen molar-refractivity contribution in [2.45, 2.75) is 73.8 Å². The average molecular weight is 732 g/mol. The minimum atomic E-state index is -2.36. The van der Waals surface area contributed by atoms with E-state index in [0.29, 0.717) is 7.35 Å². The third-order valence-electron chi connectivity index (χ3n) is 9.58. The normalized spacial score (nSPS) is 17.2. The fourth-order valence-corrected chi connectivity index (χ4v) is 40.2. The average Bonchev–Trinajstić information content (AvgIpc) is 3.53. The van der Waals surface area contributed by atoms with Gasteiger partial charge < -0.3 is 0 Å². The van der Waals surface area contributed by atoms with Crippen LogP contribution >= 0.6 is 0 Å². The van der Waals surface area contributed by atoms with E-state index in [2.05, 4.69) is 138 Å². The van der Waals surface area contributed by atoms with Gasteiger partial charge in [-0.1, -0.05) is 0 Å². The molecule has 0 amide bonds. The van der Waals surface area contributed by atoms with Gasteiger partial charge in [0.1, 0.15) is 0 Å². The molecular weight excluding hydrogens is 687 g/mol. The van der Waals surface area contributed by atoms with Crippen molar-refractivity contribution >= 4 is 18.1 Å². The summed E-state index contributed by atoms with van der Waals surface area (Å²) in [5.74, 6) is -0.904. The number of fused-ring (bicyclic) bond motifs is 2. The van der Waals surface area contributed by atoms with Crippen molar-refractivity contribution in [3.05, 3.63) is 129 Å². The van der Waals surface area contributed by atoms with Crippen LogP contribution in [0, 0.1) is 13.8 Å². The second-order valence-corrected chi connectivity index (χ2v) is 40.7. The third-order valence-corrected chi connectivity index (χ3v) is 40.4. The van der Waals surface area contributed by atoms with E-state index >= 15 is 0 Å². The van der Waals surface area contributed by atoms with Gasteiger partial charge in [0.2, 0.25) is 0 Å². The molecule has 0 aromatic heterocycles. The van der Waals surface area contributed by atoms with Crippen LogP contribution in [0.3, 0.4) is 0 Å². The number of hydrogen-bond acceptors (Lipinski definition) is 0. The maximum absolute atomic E-state index is 2.71. The van der Waals surface area contributed by atoms with Crippen molar-refractivity contribution in [1.29, 1.82) is 0 Å². The minimum absolute atomic E-state index is 0.707. The van der Waals surface area contributed by atoms with E-state index in [9.17, 15) is 0 Å². The van der Waals surface area contributed by atoms with Crippen LogP contribution in [0.1, 0.15) is 80.3 Å². The summed E-state index contributed by atoms with van der Waals surface area (Å²) >= 11 is -2.36. The van der Waals surface area contributed by atoms with Crippen molar-refractivity contribution in [2.75, 3.05) is 0 Å². The summed E-state index contributed by atoms with van der Waals surface area (Å²) in [7, 11) is 0. The third kappa shape index (κ3) is 5.24. The number of hydrogen-bond donors (Lipinski definition) is 0. The standard InChI is InChI=1S/2C19H19.C2H7Si.Hf/c2*1-3-7-15-12-16-9-6-11-18(19(16)13-15)17-10-5-4-8-14(17)2;1-3-2;/h2*4-6,8-13H,3,7H2,1-2H3;3H,1-2H3;. The Morgan fingerprint density at radius 2 is 0.952 bits per heavy atom. The first-order valence-electron chi connectivity index (χ1n) is 16.1. The first kappa shape index (κ1) is 29.5.